The Labute approximate surface area is 160 Å². The first-order valence-corrected chi connectivity index (χ1v) is 9.65. The van der Waals surface area contributed by atoms with Gasteiger partial charge < -0.3 is 9.84 Å². The highest BCUT2D eigenvalue weighted by atomic mass is 32.1. The lowest BCUT2D eigenvalue weighted by Gasteiger charge is -2.07. The zero-order valence-corrected chi connectivity index (χ0v) is 16.3. The Morgan fingerprint density at radius 1 is 1.30 bits per heavy atom. The highest BCUT2D eigenvalue weighted by Crippen LogP contribution is 2.32. The number of pyridine rings is 1. The Morgan fingerprint density at radius 3 is 2.85 bits per heavy atom. The van der Waals surface area contributed by atoms with E-state index in [1.165, 1.54) is 0 Å². The fourth-order valence-corrected chi connectivity index (χ4v) is 3.86. The third-order valence-electron chi connectivity index (χ3n) is 4.58. The standard InChI is InChI=1S/C20H20N4O2S/c1-12-8-9-24-17(11-12)21-19(16-5-4-10-27-16)20(24)22-18(25)7-6-15-13(2)23-26-14(15)3/h4-5,8-11H,6-7H2,1-3H3,(H,22,25). The van der Waals surface area contributed by atoms with Crippen LogP contribution in [0.5, 0.6) is 0 Å². The number of hydrogen-bond acceptors (Lipinski definition) is 5. The molecule has 6 nitrogen and oxygen atoms in total. The van der Waals surface area contributed by atoms with Gasteiger partial charge in [0, 0.05) is 18.2 Å². The molecular formula is C20H20N4O2S. The van der Waals surface area contributed by atoms with Gasteiger partial charge in [-0.05, 0) is 56.3 Å². The van der Waals surface area contributed by atoms with Gasteiger partial charge in [-0.3, -0.25) is 9.20 Å². The molecule has 7 heteroatoms. The topological polar surface area (TPSA) is 72.4 Å². The molecule has 0 saturated heterocycles. The van der Waals surface area contributed by atoms with Gasteiger partial charge in [0.1, 0.15) is 22.9 Å². The Bertz CT molecular complexity index is 1090. The summed E-state index contributed by atoms with van der Waals surface area (Å²) >= 11 is 1.60. The molecule has 0 spiro atoms. The van der Waals surface area contributed by atoms with Crippen LogP contribution in [0.2, 0.25) is 0 Å². The van der Waals surface area contributed by atoms with Crippen LogP contribution < -0.4 is 5.32 Å². The highest BCUT2D eigenvalue weighted by molar-refractivity contribution is 7.13. The number of nitrogens with one attached hydrogen (secondary N) is 1. The van der Waals surface area contributed by atoms with Crippen molar-refractivity contribution in [3.8, 4) is 10.6 Å². The summed E-state index contributed by atoms with van der Waals surface area (Å²) in [6.07, 6.45) is 2.89. The molecule has 4 aromatic rings. The molecule has 0 aliphatic carbocycles. The van der Waals surface area contributed by atoms with E-state index in [4.69, 9.17) is 9.51 Å². The number of amides is 1. The summed E-state index contributed by atoms with van der Waals surface area (Å²) in [5.74, 6) is 1.41. The van der Waals surface area contributed by atoms with Crippen LogP contribution in [-0.4, -0.2) is 20.4 Å². The van der Waals surface area contributed by atoms with Crippen molar-refractivity contribution in [1.29, 1.82) is 0 Å². The number of fused-ring (bicyclic) bond motifs is 1. The van der Waals surface area contributed by atoms with Gasteiger partial charge in [-0.2, -0.15) is 0 Å². The van der Waals surface area contributed by atoms with Gasteiger partial charge in [-0.1, -0.05) is 11.2 Å². The molecule has 4 aromatic heterocycles. The van der Waals surface area contributed by atoms with Crippen LogP contribution in [0.1, 0.15) is 29.0 Å². The van der Waals surface area contributed by atoms with Crippen molar-refractivity contribution in [2.45, 2.75) is 33.6 Å². The fraction of sp³-hybridized carbons (Fsp3) is 0.250. The molecule has 0 saturated carbocycles. The Hall–Kier alpha value is -2.93. The predicted molar refractivity (Wildman–Crippen MR) is 106 cm³/mol. The molecule has 0 aliphatic heterocycles. The van der Waals surface area contributed by atoms with Gasteiger partial charge in [-0.15, -0.1) is 11.3 Å². The molecule has 138 valence electrons. The van der Waals surface area contributed by atoms with E-state index in [0.29, 0.717) is 18.7 Å². The normalized spacial score (nSPS) is 11.2. The second-order valence-electron chi connectivity index (χ2n) is 6.57. The van der Waals surface area contributed by atoms with E-state index in [-0.39, 0.29) is 5.91 Å². The summed E-state index contributed by atoms with van der Waals surface area (Å²) in [7, 11) is 0. The lowest BCUT2D eigenvalue weighted by molar-refractivity contribution is -0.116. The van der Waals surface area contributed by atoms with Gasteiger partial charge >= 0.3 is 0 Å². The van der Waals surface area contributed by atoms with Crippen molar-refractivity contribution >= 4 is 28.7 Å². The van der Waals surface area contributed by atoms with Crippen molar-refractivity contribution in [2.75, 3.05) is 5.32 Å². The minimum Gasteiger partial charge on any atom is -0.361 e. The molecule has 0 radical (unpaired) electrons. The Kier molecular flexibility index (Phi) is 4.53. The van der Waals surface area contributed by atoms with Gasteiger partial charge in [0.15, 0.2) is 0 Å². The molecule has 0 aliphatic rings. The molecule has 1 N–H and O–H groups in total. The van der Waals surface area contributed by atoms with Crippen LogP contribution in [0.15, 0.2) is 40.4 Å². The average Bonchev–Trinajstić information content (AvgIpc) is 3.34. The van der Waals surface area contributed by atoms with Crippen molar-refractivity contribution in [3.63, 3.8) is 0 Å². The van der Waals surface area contributed by atoms with Gasteiger partial charge in [-0.25, -0.2) is 4.98 Å². The van der Waals surface area contributed by atoms with Crippen molar-refractivity contribution < 1.29 is 9.32 Å². The first-order valence-electron chi connectivity index (χ1n) is 8.77. The second-order valence-corrected chi connectivity index (χ2v) is 7.52. The van der Waals surface area contributed by atoms with Crippen LogP contribution in [0.3, 0.4) is 0 Å². The summed E-state index contributed by atoms with van der Waals surface area (Å²) in [6, 6.07) is 8.01. The van der Waals surface area contributed by atoms with E-state index >= 15 is 0 Å². The second kappa shape index (κ2) is 7.00. The number of thiophene rings is 1. The Morgan fingerprint density at radius 2 is 2.15 bits per heavy atom. The number of carbonyl (C=O) groups excluding carboxylic acids is 1. The first-order chi connectivity index (χ1) is 13.0. The Balaban J connectivity index is 1.62. The SMILES string of the molecule is Cc1ccn2c(NC(=O)CCc3c(C)noc3C)c(-c3cccs3)nc2c1. The number of hydrogen-bond donors (Lipinski definition) is 1. The number of aryl methyl sites for hydroxylation is 3. The van der Waals surface area contributed by atoms with E-state index in [1.807, 2.05) is 61.0 Å². The molecule has 1 amide bonds. The van der Waals surface area contributed by atoms with E-state index in [0.717, 1.165) is 38.8 Å². The monoisotopic (exact) mass is 380 g/mol. The summed E-state index contributed by atoms with van der Waals surface area (Å²) in [6.45, 7) is 5.79. The minimum absolute atomic E-state index is 0.0600. The minimum atomic E-state index is -0.0600. The van der Waals surface area contributed by atoms with Crippen molar-refractivity contribution in [3.05, 3.63) is 58.4 Å². The largest absolute Gasteiger partial charge is 0.361 e. The smallest absolute Gasteiger partial charge is 0.225 e. The molecular weight excluding hydrogens is 360 g/mol. The van der Waals surface area contributed by atoms with Gasteiger partial charge in [0.2, 0.25) is 5.91 Å². The van der Waals surface area contributed by atoms with Crippen molar-refractivity contribution in [2.24, 2.45) is 0 Å². The third kappa shape index (κ3) is 3.38. The highest BCUT2D eigenvalue weighted by Gasteiger charge is 2.18. The number of rotatable bonds is 5. The number of carbonyl (C=O) groups is 1. The van der Waals surface area contributed by atoms with E-state index in [9.17, 15) is 4.79 Å². The van der Waals surface area contributed by atoms with Crippen LogP contribution in [-0.2, 0) is 11.2 Å². The van der Waals surface area contributed by atoms with Crippen LogP contribution in [0.4, 0.5) is 5.82 Å². The van der Waals surface area contributed by atoms with E-state index in [1.54, 1.807) is 11.3 Å². The molecule has 4 heterocycles. The number of imidazole rings is 1. The average molecular weight is 380 g/mol. The molecule has 0 bridgehead atoms. The third-order valence-corrected chi connectivity index (χ3v) is 5.45. The number of anilines is 1. The van der Waals surface area contributed by atoms with Gasteiger partial charge in [0.25, 0.3) is 0 Å². The molecule has 0 unspecified atom stereocenters. The lowest BCUT2D eigenvalue weighted by atomic mass is 10.1. The summed E-state index contributed by atoms with van der Waals surface area (Å²) in [5.41, 5.74) is 4.57. The van der Waals surface area contributed by atoms with Crippen LogP contribution >= 0.6 is 11.3 Å². The van der Waals surface area contributed by atoms with E-state index < -0.39 is 0 Å². The predicted octanol–water partition coefficient (Wildman–Crippen LogP) is 4.55. The molecule has 27 heavy (non-hydrogen) atoms. The molecule has 0 atom stereocenters. The maximum atomic E-state index is 12.7. The summed E-state index contributed by atoms with van der Waals surface area (Å²) in [4.78, 5) is 18.4. The zero-order chi connectivity index (χ0) is 19.0. The molecule has 4 rings (SSSR count). The number of aromatic nitrogens is 3. The maximum Gasteiger partial charge on any atom is 0.225 e. The quantitative estimate of drug-likeness (QED) is 0.551. The molecule has 0 fully saturated rings. The summed E-state index contributed by atoms with van der Waals surface area (Å²) < 4.78 is 7.10. The van der Waals surface area contributed by atoms with Crippen LogP contribution in [0, 0.1) is 20.8 Å². The maximum absolute atomic E-state index is 12.7. The number of nitrogens with zero attached hydrogens (tertiary/aromatic N) is 3. The lowest BCUT2D eigenvalue weighted by Crippen LogP contribution is -2.14. The van der Waals surface area contributed by atoms with Crippen molar-refractivity contribution in [1.82, 2.24) is 14.5 Å². The fourth-order valence-electron chi connectivity index (χ4n) is 3.14. The molecule has 0 aromatic carbocycles. The first kappa shape index (κ1) is 17.5. The van der Waals surface area contributed by atoms with Gasteiger partial charge in [0.05, 0.1) is 10.6 Å². The van der Waals surface area contributed by atoms with E-state index in [2.05, 4.69) is 10.5 Å². The zero-order valence-electron chi connectivity index (χ0n) is 15.4. The van der Waals surface area contributed by atoms with Crippen LogP contribution in [0.25, 0.3) is 16.2 Å². The summed E-state index contributed by atoms with van der Waals surface area (Å²) in [5, 5.41) is 9.01.